The molecule has 21 heavy (non-hydrogen) atoms. The Morgan fingerprint density at radius 3 is 2.90 bits per heavy atom. The van der Waals surface area contributed by atoms with Gasteiger partial charge in [-0.1, -0.05) is 19.1 Å². The Labute approximate surface area is 126 Å². The van der Waals surface area contributed by atoms with Crippen molar-refractivity contribution in [3.05, 3.63) is 35.9 Å². The highest BCUT2D eigenvalue weighted by Gasteiger charge is 2.15. The molecule has 1 amide bonds. The molecule has 0 aromatic heterocycles. The first kappa shape index (κ1) is 15.6. The van der Waals surface area contributed by atoms with E-state index in [1.54, 1.807) is 12.2 Å². The lowest BCUT2D eigenvalue weighted by Crippen LogP contribution is -2.30. The first-order chi connectivity index (χ1) is 10.3. The van der Waals surface area contributed by atoms with Crippen LogP contribution in [0.2, 0.25) is 0 Å². The molecule has 1 aliphatic heterocycles. The van der Waals surface area contributed by atoms with E-state index in [9.17, 15) is 4.79 Å². The van der Waals surface area contributed by atoms with E-state index in [2.05, 4.69) is 12.2 Å². The summed E-state index contributed by atoms with van der Waals surface area (Å²) in [6.45, 7) is 4.20. The van der Waals surface area contributed by atoms with Crippen LogP contribution in [0.5, 0.6) is 5.75 Å². The molecule has 1 aromatic carbocycles. The minimum atomic E-state index is -0.0863. The number of amides is 1. The van der Waals surface area contributed by atoms with Crippen LogP contribution >= 0.6 is 0 Å². The Morgan fingerprint density at radius 1 is 1.43 bits per heavy atom. The van der Waals surface area contributed by atoms with Gasteiger partial charge in [-0.05, 0) is 43.0 Å². The summed E-state index contributed by atoms with van der Waals surface area (Å²) in [6, 6.07) is 7.71. The summed E-state index contributed by atoms with van der Waals surface area (Å²) < 4.78 is 11.0. The third-order valence-corrected chi connectivity index (χ3v) is 3.31. The Bertz CT molecular complexity index is 461. The van der Waals surface area contributed by atoms with Crippen molar-refractivity contribution in [2.24, 2.45) is 0 Å². The maximum absolute atomic E-state index is 11.7. The number of hydrogen-bond donors (Lipinski definition) is 1. The van der Waals surface area contributed by atoms with E-state index < -0.39 is 0 Å². The van der Waals surface area contributed by atoms with Gasteiger partial charge in [-0.2, -0.15) is 0 Å². The fourth-order valence-corrected chi connectivity index (χ4v) is 2.15. The number of carbonyl (C=O) groups excluding carboxylic acids is 1. The van der Waals surface area contributed by atoms with Gasteiger partial charge in [0, 0.05) is 19.2 Å². The maximum atomic E-state index is 11.7. The summed E-state index contributed by atoms with van der Waals surface area (Å²) >= 11 is 0. The third-order valence-electron chi connectivity index (χ3n) is 3.31. The standard InChI is InChI=1S/C17H23NO3/c1-2-11-20-15-8-5-14(6-9-15)7-10-17(19)18-13-16-4-3-12-21-16/h5-10,16H,2-4,11-13H2,1H3,(H,18,19)/b10-7+/t16-/m1/s1. The normalized spacial score (nSPS) is 18.0. The summed E-state index contributed by atoms with van der Waals surface area (Å²) in [7, 11) is 0. The minimum absolute atomic E-state index is 0.0863. The third kappa shape index (κ3) is 5.60. The van der Waals surface area contributed by atoms with Crippen LogP contribution in [0.1, 0.15) is 31.7 Å². The molecule has 1 saturated heterocycles. The second-order valence-corrected chi connectivity index (χ2v) is 5.13. The van der Waals surface area contributed by atoms with E-state index in [0.29, 0.717) is 6.54 Å². The SMILES string of the molecule is CCCOc1ccc(/C=C/C(=O)NC[C@H]2CCCO2)cc1. The van der Waals surface area contributed by atoms with E-state index in [0.717, 1.165) is 43.8 Å². The van der Waals surface area contributed by atoms with Gasteiger partial charge in [-0.25, -0.2) is 0 Å². The van der Waals surface area contributed by atoms with Crippen LogP contribution in [0.3, 0.4) is 0 Å². The summed E-state index contributed by atoms with van der Waals surface area (Å²) in [5, 5.41) is 2.86. The predicted octanol–water partition coefficient (Wildman–Crippen LogP) is 2.78. The molecule has 4 heteroatoms. The van der Waals surface area contributed by atoms with Gasteiger partial charge in [-0.15, -0.1) is 0 Å². The number of hydrogen-bond acceptors (Lipinski definition) is 3. The molecule has 1 aliphatic rings. The van der Waals surface area contributed by atoms with Gasteiger partial charge in [0.2, 0.25) is 5.91 Å². The topological polar surface area (TPSA) is 47.6 Å². The van der Waals surface area contributed by atoms with Gasteiger partial charge in [-0.3, -0.25) is 4.79 Å². The van der Waals surface area contributed by atoms with Crippen LogP contribution < -0.4 is 10.1 Å². The fraction of sp³-hybridized carbons (Fsp3) is 0.471. The van der Waals surface area contributed by atoms with Crippen molar-refractivity contribution in [3.8, 4) is 5.75 Å². The lowest BCUT2D eigenvalue weighted by atomic mass is 10.2. The molecule has 0 aliphatic carbocycles. The predicted molar refractivity (Wildman–Crippen MR) is 83.2 cm³/mol. The van der Waals surface area contributed by atoms with E-state index in [1.807, 2.05) is 24.3 Å². The largest absolute Gasteiger partial charge is 0.494 e. The molecule has 2 rings (SSSR count). The highest BCUT2D eigenvalue weighted by atomic mass is 16.5. The van der Waals surface area contributed by atoms with Gasteiger partial charge in [0.05, 0.1) is 12.7 Å². The van der Waals surface area contributed by atoms with Crippen LogP contribution in [-0.2, 0) is 9.53 Å². The first-order valence-electron chi connectivity index (χ1n) is 7.58. The van der Waals surface area contributed by atoms with Gasteiger partial charge in [0.15, 0.2) is 0 Å². The number of ether oxygens (including phenoxy) is 2. The zero-order valence-electron chi connectivity index (χ0n) is 12.5. The Hall–Kier alpha value is -1.81. The Balaban J connectivity index is 1.75. The minimum Gasteiger partial charge on any atom is -0.494 e. The molecular formula is C17H23NO3. The maximum Gasteiger partial charge on any atom is 0.244 e. The average Bonchev–Trinajstić information content (AvgIpc) is 3.03. The average molecular weight is 289 g/mol. The van der Waals surface area contributed by atoms with E-state index in [-0.39, 0.29) is 12.0 Å². The molecule has 1 fully saturated rings. The zero-order chi connectivity index (χ0) is 14.9. The van der Waals surface area contributed by atoms with Crippen molar-refractivity contribution >= 4 is 12.0 Å². The number of carbonyl (C=O) groups is 1. The summed E-state index contributed by atoms with van der Waals surface area (Å²) in [5.41, 5.74) is 0.978. The van der Waals surface area contributed by atoms with Crippen LogP contribution in [0.15, 0.2) is 30.3 Å². The van der Waals surface area contributed by atoms with Gasteiger partial charge < -0.3 is 14.8 Å². The van der Waals surface area contributed by atoms with Crippen LogP contribution in [-0.4, -0.2) is 31.8 Å². The Kier molecular flexibility index (Phi) is 6.28. The molecule has 4 nitrogen and oxygen atoms in total. The van der Waals surface area contributed by atoms with Crippen molar-refractivity contribution in [3.63, 3.8) is 0 Å². The van der Waals surface area contributed by atoms with Crippen LogP contribution in [0.25, 0.3) is 6.08 Å². The lowest BCUT2D eigenvalue weighted by Gasteiger charge is -2.08. The van der Waals surface area contributed by atoms with Crippen molar-refractivity contribution in [1.29, 1.82) is 0 Å². The van der Waals surface area contributed by atoms with Crippen molar-refractivity contribution in [2.45, 2.75) is 32.3 Å². The molecule has 1 N–H and O–H groups in total. The number of nitrogens with one attached hydrogen (secondary N) is 1. The number of benzene rings is 1. The molecule has 0 radical (unpaired) electrons. The smallest absolute Gasteiger partial charge is 0.244 e. The quantitative estimate of drug-likeness (QED) is 0.785. The molecule has 114 valence electrons. The van der Waals surface area contributed by atoms with Crippen molar-refractivity contribution < 1.29 is 14.3 Å². The molecule has 0 bridgehead atoms. The second-order valence-electron chi connectivity index (χ2n) is 5.13. The second kappa shape index (κ2) is 8.47. The summed E-state index contributed by atoms with van der Waals surface area (Å²) in [6.07, 6.45) is 6.64. The van der Waals surface area contributed by atoms with E-state index in [4.69, 9.17) is 9.47 Å². The number of rotatable bonds is 7. The van der Waals surface area contributed by atoms with Gasteiger partial charge in [0.1, 0.15) is 5.75 Å². The molecule has 1 heterocycles. The van der Waals surface area contributed by atoms with Gasteiger partial charge >= 0.3 is 0 Å². The van der Waals surface area contributed by atoms with Gasteiger partial charge in [0.25, 0.3) is 0 Å². The first-order valence-corrected chi connectivity index (χ1v) is 7.58. The van der Waals surface area contributed by atoms with Crippen molar-refractivity contribution in [2.75, 3.05) is 19.8 Å². The molecule has 1 aromatic rings. The van der Waals surface area contributed by atoms with Crippen LogP contribution in [0.4, 0.5) is 0 Å². The fourth-order valence-electron chi connectivity index (χ4n) is 2.15. The lowest BCUT2D eigenvalue weighted by molar-refractivity contribution is -0.116. The zero-order valence-corrected chi connectivity index (χ0v) is 12.5. The molecule has 1 atom stereocenters. The summed E-state index contributed by atoms with van der Waals surface area (Å²) in [5.74, 6) is 0.772. The van der Waals surface area contributed by atoms with Crippen LogP contribution in [0, 0.1) is 0 Å². The highest BCUT2D eigenvalue weighted by Crippen LogP contribution is 2.13. The molecule has 0 spiro atoms. The molecular weight excluding hydrogens is 266 g/mol. The van der Waals surface area contributed by atoms with E-state index >= 15 is 0 Å². The highest BCUT2D eigenvalue weighted by molar-refractivity contribution is 5.91. The van der Waals surface area contributed by atoms with E-state index in [1.165, 1.54) is 0 Å². The molecule has 0 saturated carbocycles. The van der Waals surface area contributed by atoms with Crippen molar-refractivity contribution in [1.82, 2.24) is 5.32 Å². The monoisotopic (exact) mass is 289 g/mol. The summed E-state index contributed by atoms with van der Waals surface area (Å²) in [4.78, 5) is 11.7. The Morgan fingerprint density at radius 2 is 2.24 bits per heavy atom. The molecule has 0 unspecified atom stereocenters.